The average Bonchev–Trinajstić information content (AvgIpc) is 3.37. The number of likely N-dealkylation sites (tertiary alicyclic amines) is 1. The molecule has 73 heavy (non-hydrogen) atoms. The first-order valence-corrected chi connectivity index (χ1v) is 26.3. The highest BCUT2D eigenvalue weighted by Gasteiger charge is 2.53. The van der Waals surface area contributed by atoms with E-state index in [1.807, 2.05) is 57.2 Å². The first kappa shape index (κ1) is 63.5. The number of rotatable bonds is 28. The number of ketones is 1. The van der Waals surface area contributed by atoms with Crippen molar-refractivity contribution < 1.29 is 73.5 Å². The maximum atomic E-state index is 13.5. The summed E-state index contributed by atoms with van der Waals surface area (Å²) < 4.78 is 29.0. The van der Waals surface area contributed by atoms with Crippen LogP contribution >= 0.6 is 0 Å². The molecule has 16 heteroatoms. The van der Waals surface area contributed by atoms with Gasteiger partial charge in [0.15, 0.2) is 0 Å². The van der Waals surface area contributed by atoms with Crippen LogP contribution in [0.25, 0.3) is 0 Å². The van der Waals surface area contributed by atoms with Crippen LogP contribution in [0.4, 0.5) is 0 Å². The van der Waals surface area contributed by atoms with E-state index < -0.39 is 96.6 Å². The van der Waals surface area contributed by atoms with Crippen molar-refractivity contribution >= 4 is 23.6 Å². The molecule has 2 unspecified atom stereocenters. The molecule has 3 fully saturated rings. The smallest absolute Gasteiger partial charge is 0.326 e. The fraction of sp³-hybridized carbons (Fsp3) is 0.719. The molecule has 0 spiro atoms. The number of carbonyl (C=O) groups excluding carboxylic acids is 3. The van der Waals surface area contributed by atoms with Crippen molar-refractivity contribution in [1.29, 1.82) is 0 Å². The van der Waals surface area contributed by atoms with E-state index in [9.17, 15) is 49.8 Å². The van der Waals surface area contributed by atoms with Gasteiger partial charge in [0.05, 0.1) is 37.6 Å². The number of nitrogens with zero attached hydrogens (tertiary/aromatic N) is 1. The molecule has 16 nitrogen and oxygen atoms in total. The first-order chi connectivity index (χ1) is 34.4. The summed E-state index contributed by atoms with van der Waals surface area (Å²) in [5.74, 6) is -6.67. The third-order valence-corrected chi connectivity index (χ3v) is 15.5. The number of ether oxygens (including phenoxy) is 5. The molecule has 6 N–H and O–H groups in total. The molecule has 3 aliphatic rings. The Labute approximate surface area is 435 Å². The third kappa shape index (κ3) is 17.9. The van der Waals surface area contributed by atoms with E-state index >= 15 is 0 Å². The number of carboxylic acids is 1. The predicted octanol–water partition coefficient (Wildman–Crippen LogP) is 6.83. The predicted molar refractivity (Wildman–Crippen MR) is 279 cm³/mol. The van der Waals surface area contributed by atoms with Gasteiger partial charge >= 0.3 is 11.9 Å². The zero-order valence-electron chi connectivity index (χ0n) is 45.6. The number of amides is 1. The van der Waals surface area contributed by atoms with E-state index in [0.717, 1.165) is 35.3 Å². The topological polar surface area (TPSA) is 239 Å². The normalized spacial score (nSPS) is 28.1. The monoisotopic (exact) mass is 1030 g/mol. The molecule has 3 rings (SSSR count). The second-order valence-electron chi connectivity index (χ2n) is 21.7. The van der Waals surface area contributed by atoms with E-state index in [-0.39, 0.29) is 42.7 Å². The summed E-state index contributed by atoms with van der Waals surface area (Å²) >= 11 is 0. The molecular formula is C57H91NO15. The summed E-state index contributed by atoms with van der Waals surface area (Å²) in [5, 5.41) is 62.9. The largest absolute Gasteiger partial charge is 0.480 e. The zero-order valence-corrected chi connectivity index (χ0v) is 45.6. The van der Waals surface area contributed by atoms with Gasteiger partial charge in [-0.25, -0.2) is 4.79 Å². The molecule has 0 aromatic heterocycles. The fourth-order valence-corrected chi connectivity index (χ4v) is 10.3. The average molecular weight is 1030 g/mol. The number of hydrogen-bond donors (Lipinski definition) is 6. The number of aliphatic carboxylic acids is 1. The maximum Gasteiger partial charge on any atom is 0.326 e. The Bertz CT molecular complexity index is 1960. The molecule has 414 valence electrons. The van der Waals surface area contributed by atoms with Crippen molar-refractivity contribution in [1.82, 2.24) is 4.90 Å². The van der Waals surface area contributed by atoms with Gasteiger partial charge in [-0.3, -0.25) is 14.4 Å². The van der Waals surface area contributed by atoms with Gasteiger partial charge in [-0.1, -0.05) is 89.8 Å². The number of carboxylic acid groups (broad SMARTS) is 1. The minimum atomic E-state index is -2.37. The third-order valence-electron chi connectivity index (χ3n) is 15.5. The summed E-state index contributed by atoms with van der Waals surface area (Å²) in [6.45, 7) is 18.5. The number of allylic oxidation sites excluding steroid dienone is 6. The van der Waals surface area contributed by atoms with E-state index in [2.05, 4.69) is 33.4 Å². The summed E-state index contributed by atoms with van der Waals surface area (Å²) in [6, 6.07) is -1.11. The van der Waals surface area contributed by atoms with Crippen LogP contribution in [0.1, 0.15) is 126 Å². The minimum absolute atomic E-state index is 0.00752. The lowest BCUT2D eigenvalue weighted by Crippen LogP contribution is -2.60. The molecule has 1 aliphatic carbocycles. The highest BCUT2D eigenvalue weighted by atomic mass is 16.6. The fourth-order valence-electron chi connectivity index (χ4n) is 10.3. The van der Waals surface area contributed by atoms with Crippen LogP contribution in [0.3, 0.4) is 0 Å². The molecule has 0 aromatic carbocycles. The molecule has 0 bridgehead atoms. The van der Waals surface area contributed by atoms with Crippen molar-refractivity contribution in [3.05, 3.63) is 71.9 Å². The summed E-state index contributed by atoms with van der Waals surface area (Å²) in [7, 11) is 4.72. The van der Waals surface area contributed by atoms with Crippen LogP contribution in [-0.4, -0.2) is 155 Å². The molecule has 1 saturated carbocycles. The van der Waals surface area contributed by atoms with Gasteiger partial charge in [0.2, 0.25) is 5.79 Å². The maximum absolute atomic E-state index is 13.5. The minimum Gasteiger partial charge on any atom is -0.480 e. The van der Waals surface area contributed by atoms with Gasteiger partial charge in [-0.15, -0.1) is 0 Å². The quantitative estimate of drug-likeness (QED) is 0.0204. The Hall–Kier alpha value is -3.84. The van der Waals surface area contributed by atoms with Gasteiger partial charge in [-0.05, 0) is 125 Å². The van der Waals surface area contributed by atoms with Crippen molar-refractivity contribution in [3.63, 3.8) is 0 Å². The molecule has 2 saturated heterocycles. The highest BCUT2D eigenvalue weighted by molar-refractivity contribution is 6.39. The van der Waals surface area contributed by atoms with Crippen LogP contribution in [0, 0.1) is 40.9 Å². The molecule has 0 aromatic rings. The van der Waals surface area contributed by atoms with Crippen LogP contribution in [0.2, 0.25) is 0 Å². The van der Waals surface area contributed by atoms with E-state index in [1.54, 1.807) is 34.3 Å². The van der Waals surface area contributed by atoms with Gasteiger partial charge in [0, 0.05) is 46.1 Å². The van der Waals surface area contributed by atoms with Crippen molar-refractivity contribution in [3.8, 4) is 0 Å². The lowest BCUT2D eigenvalue weighted by molar-refractivity contribution is -0.265. The number of aliphatic hydroxyl groups is 5. The van der Waals surface area contributed by atoms with Crippen molar-refractivity contribution in [2.75, 3.05) is 41.1 Å². The van der Waals surface area contributed by atoms with Gasteiger partial charge < -0.3 is 59.2 Å². The van der Waals surface area contributed by atoms with E-state index in [4.69, 9.17) is 23.7 Å². The Balaban J connectivity index is 1.50. The molecular weight excluding hydrogens is 939 g/mol. The highest BCUT2D eigenvalue weighted by Crippen LogP contribution is 2.38. The van der Waals surface area contributed by atoms with Crippen molar-refractivity contribution in [2.45, 2.75) is 181 Å². The summed E-state index contributed by atoms with van der Waals surface area (Å²) in [6.07, 6.45) is 17.8. The number of methoxy groups -OCH3 is 3. The van der Waals surface area contributed by atoms with Crippen LogP contribution < -0.4 is 0 Å². The molecule has 2 heterocycles. The lowest BCUT2D eigenvalue weighted by Gasteiger charge is -2.42. The second-order valence-corrected chi connectivity index (χ2v) is 21.7. The van der Waals surface area contributed by atoms with Crippen LogP contribution in [-0.2, 0) is 42.9 Å². The Kier molecular flexibility index (Phi) is 26.1. The number of Topliss-reactive ketones (excluding diaryl/α,β-unsaturated/α-hetero) is 1. The van der Waals surface area contributed by atoms with Gasteiger partial charge in [-0.2, -0.15) is 0 Å². The van der Waals surface area contributed by atoms with Gasteiger partial charge in [0.25, 0.3) is 11.7 Å². The van der Waals surface area contributed by atoms with Crippen LogP contribution in [0.15, 0.2) is 71.9 Å². The van der Waals surface area contributed by atoms with E-state index in [1.165, 1.54) is 6.92 Å². The number of esters is 1. The number of carbonyl (C=O) groups is 4. The Morgan fingerprint density at radius 2 is 1.53 bits per heavy atom. The molecule has 15 atom stereocenters. The van der Waals surface area contributed by atoms with Crippen molar-refractivity contribution in [2.24, 2.45) is 40.9 Å². The Morgan fingerprint density at radius 3 is 2.15 bits per heavy atom. The first-order valence-electron chi connectivity index (χ1n) is 26.3. The van der Waals surface area contributed by atoms with E-state index in [0.29, 0.717) is 56.4 Å². The Morgan fingerprint density at radius 1 is 0.849 bits per heavy atom. The number of hydrogen-bond acceptors (Lipinski definition) is 14. The van der Waals surface area contributed by atoms with Crippen LogP contribution in [0.5, 0.6) is 0 Å². The second kappa shape index (κ2) is 30.0. The zero-order chi connectivity index (χ0) is 54.8. The van der Waals surface area contributed by atoms with Gasteiger partial charge in [0.1, 0.15) is 29.8 Å². The summed E-state index contributed by atoms with van der Waals surface area (Å²) in [5.41, 5.74) is 0.954. The molecule has 0 radical (unpaired) electrons. The standard InChI is InChI=1S/C57H91NO15/c1-35(18-14-13-15-19-37(3)48(69-10)32-44-24-22-41(7)57(68,73-44)52(63)53(64)58-27-17-16-20-45(58)54(65)66)28-38(4)42(8)51(71-12)50(62)40(6)30-39(5)46(61)25-21-36(2)29-43-23-26-47(49(31-43)70-11)72-55(67)56(9,33-59)34-60/h13-15,18-19,21,25,30,35-36,38-39,41,43-51,59-62,68H,8,16-17,20,22-24,26-29,31-34H2,1-7,9-12H3,(H,65,66)/b15-13+,18-14+,25-21+,37-19+,40-30+/t35-,36+,38-,39-,41-,43+,44?,45+,46?,47-,48+,49-,50-,51+,57-/m1/s1. The number of piperidine rings is 1. The summed E-state index contributed by atoms with van der Waals surface area (Å²) in [4.78, 5) is 52.3. The lowest BCUT2D eigenvalue weighted by atomic mass is 9.80. The molecule has 2 aliphatic heterocycles. The number of aliphatic hydroxyl groups excluding tert-OH is 4. The molecule has 1 amide bonds. The SMILES string of the molecule is C=C([C@H](C)C[C@H](C)/C=C/C=C/C=C(\C)[C@H](CC1CC[C@@H](C)[C@](O)(C(=O)C(=O)N2CCCC[C@H]2C(=O)O)O1)OC)[C@H](OC)[C@H](O)/C(C)=C/[C@@H](C)C(O)/C=C/[C@H](C)C[C@@H]1CC[C@@H](OC(=O)C(C)(CO)CO)[C@H](OC)C1.